The zero-order valence-corrected chi connectivity index (χ0v) is 22.1. The van der Waals surface area contributed by atoms with Crippen LogP contribution in [0.3, 0.4) is 0 Å². The number of aliphatic hydroxyl groups excluding tert-OH is 1. The van der Waals surface area contributed by atoms with E-state index >= 15 is 0 Å². The number of halogens is 1. The molecule has 2 fully saturated rings. The summed E-state index contributed by atoms with van der Waals surface area (Å²) in [5.74, 6) is -0.371. The molecular weight excluding hydrogens is 487 g/mol. The van der Waals surface area contributed by atoms with Crippen LogP contribution >= 0.6 is 0 Å². The number of amides is 3. The van der Waals surface area contributed by atoms with Crippen molar-refractivity contribution in [2.75, 3.05) is 18.4 Å². The van der Waals surface area contributed by atoms with Crippen molar-refractivity contribution in [1.29, 1.82) is 0 Å². The molecule has 10 heteroatoms. The van der Waals surface area contributed by atoms with Gasteiger partial charge >= 0.3 is 6.03 Å². The molecule has 0 bridgehead atoms. The number of anilines is 1. The van der Waals surface area contributed by atoms with Gasteiger partial charge in [0.05, 0.1) is 17.9 Å². The number of rotatable bonds is 5. The molecular formula is C28H35FN6O3. The van der Waals surface area contributed by atoms with Gasteiger partial charge in [-0.1, -0.05) is 6.42 Å². The molecule has 3 amide bonds. The highest BCUT2D eigenvalue weighted by Gasteiger charge is 2.31. The summed E-state index contributed by atoms with van der Waals surface area (Å²) in [6, 6.07) is 5.04. The molecule has 1 saturated heterocycles. The first-order valence-electron chi connectivity index (χ1n) is 13.4. The van der Waals surface area contributed by atoms with Crippen molar-refractivity contribution in [1.82, 2.24) is 24.8 Å². The number of hydrogen-bond acceptors (Lipinski definition) is 5. The van der Waals surface area contributed by atoms with Gasteiger partial charge in [-0.25, -0.2) is 19.2 Å². The second kappa shape index (κ2) is 10.7. The summed E-state index contributed by atoms with van der Waals surface area (Å²) in [4.78, 5) is 36.0. The first kappa shape index (κ1) is 26.1. The first-order chi connectivity index (χ1) is 18.2. The summed E-state index contributed by atoms with van der Waals surface area (Å²) in [6.07, 6.45) is 6.40. The third-order valence-corrected chi connectivity index (χ3v) is 7.68. The molecule has 9 nitrogen and oxygen atoms in total. The van der Waals surface area contributed by atoms with Crippen LogP contribution in [-0.4, -0.2) is 61.7 Å². The zero-order chi connectivity index (χ0) is 27.0. The fraction of sp³-hybridized carbons (Fsp3) is 0.500. The molecule has 3 N–H and O–H groups in total. The number of carbonyl (C=O) groups excluding carboxylic acids is 2. The fourth-order valence-corrected chi connectivity index (χ4v) is 5.54. The van der Waals surface area contributed by atoms with E-state index in [1.54, 1.807) is 23.5 Å². The van der Waals surface area contributed by atoms with E-state index in [4.69, 9.17) is 0 Å². The van der Waals surface area contributed by atoms with Crippen molar-refractivity contribution >= 4 is 28.8 Å². The van der Waals surface area contributed by atoms with E-state index in [9.17, 15) is 19.1 Å². The number of carbonyl (C=O) groups is 2. The normalized spacial score (nSPS) is 21.7. The Morgan fingerprint density at radius 3 is 2.71 bits per heavy atom. The SMILES string of the molecule is Cc1cnc(NC(=O)[C@H]2CCC[C@@H](NC(=O)N3CCC(O)C3)C2)cc1-c1cc(F)c2ncn(C(C)C)c2c1. The Kier molecular flexibility index (Phi) is 7.34. The molecule has 2 aliphatic rings. The molecule has 3 aromatic rings. The van der Waals surface area contributed by atoms with Crippen LogP contribution in [0.2, 0.25) is 0 Å². The number of hydrogen-bond donors (Lipinski definition) is 3. The summed E-state index contributed by atoms with van der Waals surface area (Å²) in [5, 5.41) is 15.7. The van der Waals surface area contributed by atoms with Crippen LogP contribution in [0.5, 0.6) is 0 Å². The van der Waals surface area contributed by atoms with Gasteiger partial charge < -0.3 is 25.2 Å². The second-order valence-electron chi connectivity index (χ2n) is 10.8. The Bertz CT molecular complexity index is 1360. The maximum absolute atomic E-state index is 14.9. The van der Waals surface area contributed by atoms with Crippen LogP contribution < -0.4 is 10.6 Å². The molecule has 1 unspecified atom stereocenters. The number of nitrogens with one attached hydrogen (secondary N) is 2. The summed E-state index contributed by atoms with van der Waals surface area (Å²) >= 11 is 0. The molecule has 1 aliphatic heterocycles. The standard InChI is InChI=1S/C28H35FN6O3/c1-16(2)35-15-31-26-23(29)10-19(11-24(26)35)22-12-25(30-13-17(22)3)33-27(37)18-5-4-6-20(9-18)32-28(38)34-8-7-21(36)14-34/h10-13,15-16,18,20-21,36H,4-9,14H2,1-3H3,(H,32,38)(H,30,33,37)/t18-,20+,21?/m0/s1. The van der Waals surface area contributed by atoms with Gasteiger partial charge in [-0.2, -0.15) is 0 Å². The number of fused-ring (bicyclic) bond motifs is 1. The molecule has 0 radical (unpaired) electrons. The molecule has 1 aliphatic carbocycles. The fourth-order valence-electron chi connectivity index (χ4n) is 5.54. The Hall–Kier alpha value is -3.53. The van der Waals surface area contributed by atoms with E-state index in [-0.39, 0.29) is 29.9 Å². The molecule has 1 saturated carbocycles. The lowest BCUT2D eigenvalue weighted by Crippen LogP contribution is -2.46. The average Bonchev–Trinajstić information content (AvgIpc) is 3.52. The highest BCUT2D eigenvalue weighted by atomic mass is 19.1. The van der Waals surface area contributed by atoms with Crippen LogP contribution in [0.25, 0.3) is 22.2 Å². The Morgan fingerprint density at radius 2 is 1.97 bits per heavy atom. The van der Waals surface area contributed by atoms with Gasteiger partial charge in [-0.3, -0.25) is 4.79 Å². The number of β-amino-alcohol motifs (C(OH)–C–C–N with tert-alkyl or cyclic N) is 1. The number of aromatic nitrogens is 3. The van der Waals surface area contributed by atoms with Crippen molar-refractivity contribution in [2.24, 2.45) is 5.92 Å². The molecule has 5 rings (SSSR count). The van der Waals surface area contributed by atoms with Crippen molar-refractivity contribution in [3.63, 3.8) is 0 Å². The summed E-state index contributed by atoms with van der Waals surface area (Å²) in [5.41, 5.74) is 3.40. The van der Waals surface area contributed by atoms with Crippen molar-refractivity contribution < 1.29 is 19.1 Å². The Balaban J connectivity index is 1.29. The van der Waals surface area contributed by atoms with Gasteiger partial charge in [0, 0.05) is 37.3 Å². The number of imidazole rings is 1. The molecule has 202 valence electrons. The highest BCUT2D eigenvalue weighted by Crippen LogP contribution is 2.32. The molecule has 38 heavy (non-hydrogen) atoms. The molecule has 3 heterocycles. The number of urea groups is 1. The zero-order valence-electron chi connectivity index (χ0n) is 22.1. The van der Waals surface area contributed by atoms with E-state index in [0.29, 0.717) is 42.8 Å². The lowest BCUT2D eigenvalue weighted by atomic mass is 9.85. The van der Waals surface area contributed by atoms with Crippen LogP contribution in [0.4, 0.5) is 15.0 Å². The first-order valence-corrected chi connectivity index (χ1v) is 13.4. The molecule has 0 spiro atoms. The minimum Gasteiger partial charge on any atom is -0.391 e. The predicted molar refractivity (Wildman–Crippen MR) is 143 cm³/mol. The van der Waals surface area contributed by atoms with Gasteiger partial charge in [0.1, 0.15) is 11.3 Å². The van der Waals surface area contributed by atoms with E-state index in [2.05, 4.69) is 20.6 Å². The summed E-state index contributed by atoms with van der Waals surface area (Å²) in [6.45, 7) is 6.84. The Morgan fingerprint density at radius 1 is 1.16 bits per heavy atom. The number of aryl methyl sites for hydroxylation is 1. The van der Waals surface area contributed by atoms with Crippen molar-refractivity contribution in [2.45, 2.75) is 71.1 Å². The second-order valence-corrected chi connectivity index (χ2v) is 10.8. The van der Waals surface area contributed by atoms with E-state index < -0.39 is 11.9 Å². The average molecular weight is 523 g/mol. The Labute approximate surface area is 221 Å². The van der Waals surface area contributed by atoms with Crippen LogP contribution in [0.15, 0.2) is 30.7 Å². The molecule has 2 aromatic heterocycles. The number of likely N-dealkylation sites (tertiary alicyclic amines) is 1. The van der Waals surface area contributed by atoms with Crippen molar-refractivity contribution in [3.8, 4) is 11.1 Å². The summed E-state index contributed by atoms with van der Waals surface area (Å²) < 4.78 is 16.9. The minimum absolute atomic E-state index is 0.0909. The predicted octanol–water partition coefficient (Wildman–Crippen LogP) is 4.40. The number of aliphatic hydroxyl groups is 1. The summed E-state index contributed by atoms with van der Waals surface area (Å²) in [7, 11) is 0. The quantitative estimate of drug-likeness (QED) is 0.460. The lowest BCUT2D eigenvalue weighted by molar-refractivity contribution is -0.121. The van der Waals surface area contributed by atoms with Gasteiger partial charge in [-0.05, 0) is 81.3 Å². The van der Waals surface area contributed by atoms with Crippen LogP contribution in [0.1, 0.15) is 57.6 Å². The largest absolute Gasteiger partial charge is 0.391 e. The third-order valence-electron chi connectivity index (χ3n) is 7.68. The van der Waals surface area contributed by atoms with E-state index in [1.165, 1.54) is 6.07 Å². The van der Waals surface area contributed by atoms with Gasteiger partial charge in [-0.15, -0.1) is 0 Å². The maximum Gasteiger partial charge on any atom is 0.317 e. The lowest BCUT2D eigenvalue weighted by Gasteiger charge is -2.30. The maximum atomic E-state index is 14.9. The van der Waals surface area contributed by atoms with Gasteiger partial charge in [0.25, 0.3) is 0 Å². The van der Waals surface area contributed by atoms with Crippen LogP contribution in [-0.2, 0) is 4.79 Å². The minimum atomic E-state index is -0.465. The smallest absolute Gasteiger partial charge is 0.317 e. The van der Waals surface area contributed by atoms with Gasteiger partial charge in [0.15, 0.2) is 5.82 Å². The van der Waals surface area contributed by atoms with E-state index in [0.717, 1.165) is 35.9 Å². The number of benzene rings is 1. The van der Waals surface area contributed by atoms with Gasteiger partial charge in [0.2, 0.25) is 5.91 Å². The number of nitrogens with zero attached hydrogens (tertiary/aromatic N) is 4. The van der Waals surface area contributed by atoms with E-state index in [1.807, 2.05) is 31.4 Å². The monoisotopic (exact) mass is 522 g/mol. The molecule has 1 aromatic carbocycles. The number of pyridine rings is 1. The topological polar surface area (TPSA) is 112 Å². The van der Waals surface area contributed by atoms with Crippen molar-refractivity contribution in [3.05, 3.63) is 42.1 Å². The highest BCUT2D eigenvalue weighted by molar-refractivity contribution is 5.93. The third kappa shape index (κ3) is 5.36. The molecule has 3 atom stereocenters. The van der Waals surface area contributed by atoms with Crippen LogP contribution in [0, 0.1) is 18.7 Å².